The van der Waals surface area contributed by atoms with Crippen LogP contribution in [-0.2, 0) is 11.2 Å². The maximum atomic E-state index is 12.0. The van der Waals surface area contributed by atoms with Crippen LogP contribution in [0.1, 0.15) is 57.3 Å². The SMILES string of the molecule is CCC(C)NC(=O)C(C)Oc1ccc2c(c1)CCCC2O. The molecule has 3 atom stereocenters. The number of carbonyl (C=O) groups excluding carboxylic acids is 1. The molecule has 21 heavy (non-hydrogen) atoms. The maximum Gasteiger partial charge on any atom is 0.260 e. The van der Waals surface area contributed by atoms with Crippen molar-refractivity contribution in [1.29, 1.82) is 0 Å². The van der Waals surface area contributed by atoms with Gasteiger partial charge in [-0.25, -0.2) is 0 Å². The molecule has 0 saturated heterocycles. The van der Waals surface area contributed by atoms with Gasteiger partial charge in [-0.1, -0.05) is 13.0 Å². The third-order valence-electron chi connectivity index (χ3n) is 4.08. The Bertz CT molecular complexity index is 501. The summed E-state index contributed by atoms with van der Waals surface area (Å²) in [4.78, 5) is 12.0. The Morgan fingerprint density at radius 3 is 2.95 bits per heavy atom. The second-order valence-electron chi connectivity index (χ2n) is 5.85. The molecule has 2 N–H and O–H groups in total. The maximum absolute atomic E-state index is 12.0. The first kappa shape index (κ1) is 15.8. The average molecular weight is 291 g/mol. The molecule has 0 aliphatic heterocycles. The number of rotatable bonds is 5. The number of aliphatic hydroxyl groups excluding tert-OH is 1. The Kier molecular flexibility index (Phi) is 5.23. The van der Waals surface area contributed by atoms with Crippen LogP contribution in [0.25, 0.3) is 0 Å². The topological polar surface area (TPSA) is 58.6 Å². The molecule has 0 fully saturated rings. The van der Waals surface area contributed by atoms with Gasteiger partial charge in [-0.05, 0) is 62.8 Å². The van der Waals surface area contributed by atoms with E-state index in [4.69, 9.17) is 4.74 Å². The van der Waals surface area contributed by atoms with Crippen molar-refractivity contribution < 1.29 is 14.6 Å². The zero-order chi connectivity index (χ0) is 15.4. The Morgan fingerprint density at radius 2 is 2.24 bits per heavy atom. The van der Waals surface area contributed by atoms with Crippen LogP contribution in [0.2, 0.25) is 0 Å². The highest BCUT2D eigenvalue weighted by atomic mass is 16.5. The van der Waals surface area contributed by atoms with Gasteiger partial charge in [-0.2, -0.15) is 0 Å². The lowest BCUT2D eigenvalue weighted by Crippen LogP contribution is -2.41. The summed E-state index contributed by atoms with van der Waals surface area (Å²) in [7, 11) is 0. The minimum absolute atomic E-state index is 0.0953. The van der Waals surface area contributed by atoms with Crippen LogP contribution in [0.15, 0.2) is 18.2 Å². The fourth-order valence-corrected chi connectivity index (χ4v) is 2.56. The summed E-state index contributed by atoms with van der Waals surface area (Å²) < 4.78 is 5.73. The number of hydrogen-bond acceptors (Lipinski definition) is 3. The van der Waals surface area contributed by atoms with Crippen molar-refractivity contribution in [3.63, 3.8) is 0 Å². The summed E-state index contributed by atoms with van der Waals surface area (Å²) in [6, 6.07) is 5.85. The van der Waals surface area contributed by atoms with Gasteiger partial charge in [0.2, 0.25) is 0 Å². The highest BCUT2D eigenvalue weighted by molar-refractivity contribution is 5.80. The molecule has 0 saturated carbocycles. The van der Waals surface area contributed by atoms with E-state index in [9.17, 15) is 9.90 Å². The molecule has 0 spiro atoms. The normalized spacial score (nSPS) is 20.3. The van der Waals surface area contributed by atoms with E-state index in [-0.39, 0.29) is 18.1 Å². The number of ether oxygens (including phenoxy) is 1. The van der Waals surface area contributed by atoms with Crippen molar-refractivity contribution in [2.24, 2.45) is 0 Å². The zero-order valence-corrected chi connectivity index (χ0v) is 13.1. The summed E-state index contributed by atoms with van der Waals surface area (Å²) in [5.41, 5.74) is 2.12. The van der Waals surface area contributed by atoms with Crippen LogP contribution in [0.5, 0.6) is 5.75 Å². The van der Waals surface area contributed by atoms with E-state index in [0.29, 0.717) is 5.75 Å². The molecule has 116 valence electrons. The predicted molar refractivity (Wildman–Crippen MR) is 82.3 cm³/mol. The molecule has 1 aliphatic rings. The van der Waals surface area contributed by atoms with Gasteiger partial charge >= 0.3 is 0 Å². The van der Waals surface area contributed by atoms with Crippen LogP contribution in [0.3, 0.4) is 0 Å². The Hall–Kier alpha value is -1.55. The first-order valence-corrected chi connectivity index (χ1v) is 7.79. The summed E-state index contributed by atoms with van der Waals surface area (Å²) >= 11 is 0. The van der Waals surface area contributed by atoms with Gasteiger partial charge in [0.1, 0.15) is 5.75 Å². The number of nitrogens with one attached hydrogen (secondary N) is 1. The van der Waals surface area contributed by atoms with Crippen molar-refractivity contribution in [2.75, 3.05) is 0 Å². The summed E-state index contributed by atoms with van der Waals surface area (Å²) in [6.45, 7) is 5.77. The molecule has 1 aromatic carbocycles. The molecule has 3 unspecified atom stereocenters. The number of fused-ring (bicyclic) bond motifs is 1. The minimum Gasteiger partial charge on any atom is -0.481 e. The number of hydrogen-bond donors (Lipinski definition) is 2. The minimum atomic E-state index is -0.523. The second kappa shape index (κ2) is 6.94. The number of amides is 1. The van der Waals surface area contributed by atoms with Crippen molar-refractivity contribution >= 4 is 5.91 Å². The van der Waals surface area contributed by atoms with E-state index in [2.05, 4.69) is 5.32 Å². The number of aryl methyl sites for hydroxylation is 1. The lowest BCUT2D eigenvalue weighted by atomic mass is 9.89. The molecule has 0 radical (unpaired) electrons. The first-order chi connectivity index (χ1) is 10.0. The third-order valence-corrected chi connectivity index (χ3v) is 4.08. The largest absolute Gasteiger partial charge is 0.481 e. The fourth-order valence-electron chi connectivity index (χ4n) is 2.56. The number of carbonyl (C=O) groups is 1. The summed E-state index contributed by atoms with van der Waals surface area (Å²) in [6.07, 6.45) is 2.77. The van der Waals surface area contributed by atoms with E-state index in [0.717, 1.165) is 36.8 Å². The molecule has 4 heteroatoms. The van der Waals surface area contributed by atoms with E-state index in [1.807, 2.05) is 32.0 Å². The molecular formula is C17H25NO3. The quantitative estimate of drug-likeness (QED) is 0.877. The molecule has 4 nitrogen and oxygen atoms in total. The number of benzene rings is 1. The van der Waals surface area contributed by atoms with Crippen molar-refractivity contribution in [2.45, 2.75) is 64.7 Å². The molecule has 1 aliphatic carbocycles. The molecule has 2 rings (SSSR count). The third kappa shape index (κ3) is 3.97. The lowest BCUT2D eigenvalue weighted by Gasteiger charge is -2.23. The fraction of sp³-hybridized carbons (Fsp3) is 0.588. The Balaban J connectivity index is 2.01. The van der Waals surface area contributed by atoms with Crippen LogP contribution in [0.4, 0.5) is 0 Å². The predicted octanol–water partition coefficient (Wildman–Crippen LogP) is 2.74. The number of aliphatic hydroxyl groups is 1. The standard InChI is InChI=1S/C17H25NO3/c1-4-11(2)18-17(20)12(3)21-14-8-9-15-13(10-14)6-5-7-16(15)19/h8-12,16,19H,4-7H2,1-3H3,(H,18,20). The van der Waals surface area contributed by atoms with Crippen molar-refractivity contribution in [3.8, 4) is 5.75 Å². The smallest absolute Gasteiger partial charge is 0.260 e. The van der Waals surface area contributed by atoms with Gasteiger partial charge in [0.25, 0.3) is 5.91 Å². The second-order valence-corrected chi connectivity index (χ2v) is 5.85. The highest BCUT2D eigenvalue weighted by Crippen LogP contribution is 2.32. The van der Waals surface area contributed by atoms with Gasteiger partial charge in [-0.15, -0.1) is 0 Å². The van der Waals surface area contributed by atoms with E-state index < -0.39 is 6.10 Å². The molecule has 1 aromatic rings. The molecule has 0 heterocycles. The Labute approximate surface area is 126 Å². The molecule has 0 aromatic heterocycles. The van der Waals surface area contributed by atoms with E-state index in [1.54, 1.807) is 6.92 Å². The van der Waals surface area contributed by atoms with Crippen molar-refractivity contribution in [3.05, 3.63) is 29.3 Å². The zero-order valence-electron chi connectivity index (χ0n) is 13.1. The van der Waals surface area contributed by atoms with Gasteiger partial charge in [0.05, 0.1) is 6.10 Å². The molecule has 0 bridgehead atoms. The van der Waals surface area contributed by atoms with Crippen LogP contribution < -0.4 is 10.1 Å². The van der Waals surface area contributed by atoms with Crippen LogP contribution in [0, 0.1) is 0 Å². The van der Waals surface area contributed by atoms with Gasteiger partial charge in [-0.3, -0.25) is 4.79 Å². The molecule has 1 amide bonds. The average Bonchev–Trinajstić information content (AvgIpc) is 2.47. The summed E-state index contributed by atoms with van der Waals surface area (Å²) in [5, 5.41) is 12.9. The van der Waals surface area contributed by atoms with Gasteiger partial charge in [0, 0.05) is 6.04 Å². The van der Waals surface area contributed by atoms with Crippen molar-refractivity contribution in [1.82, 2.24) is 5.32 Å². The van der Waals surface area contributed by atoms with Crippen LogP contribution in [-0.4, -0.2) is 23.2 Å². The van der Waals surface area contributed by atoms with Gasteiger partial charge < -0.3 is 15.2 Å². The van der Waals surface area contributed by atoms with Gasteiger partial charge in [0.15, 0.2) is 6.10 Å². The summed E-state index contributed by atoms with van der Waals surface area (Å²) in [5.74, 6) is 0.594. The monoisotopic (exact) mass is 291 g/mol. The molecular weight excluding hydrogens is 266 g/mol. The highest BCUT2D eigenvalue weighted by Gasteiger charge is 2.20. The van der Waals surface area contributed by atoms with E-state index in [1.165, 1.54) is 0 Å². The lowest BCUT2D eigenvalue weighted by molar-refractivity contribution is -0.127. The van der Waals surface area contributed by atoms with E-state index >= 15 is 0 Å². The Morgan fingerprint density at radius 1 is 1.48 bits per heavy atom. The first-order valence-electron chi connectivity index (χ1n) is 7.79. The van der Waals surface area contributed by atoms with Crippen LogP contribution >= 0.6 is 0 Å².